The lowest BCUT2D eigenvalue weighted by Gasteiger charge is -2.32. The number of allylic oxidation sites excluding steroid dienone is 1. The summed E-state index contributed by atoms with van der Waals surface area (Å²) in [6, 6.07) is 8.08. The van der Waals surface area contributed by atoms with Crippen molar-refractivity contribution >= 4 is 39.8 Å². The summed E-state index contributed by atoms with van der Waals surface area (Å²) in [7, 11) is 3.46. The van der Waals surface area contributed by atoms with E-state index < -0.39 is 5.91 Å². The van der Waals surface area contributed by atoms with Crippen molar-refractivity contribution in [1.29, 1.82) is 10.8 Å². The number of nitrogens with zero attached hydrogens (tertiary/aromatic N) is 2. The van der Waals surface area contributed by atoms with Crippen molar-refractivity contribution in [2.75, 3.05) is 37.4 Å². The zero-order valence-corrected chi connectivity index (χ0v) is 18.8. The van der Waals surface area contributed by atoms with Crippen LogP contribution in [0.1, 0.15) is 23.5 Å². The van der Waals surface area contributed by atoms with Gasteiger partial charge in [-0.3, -0.25) is 20.6 Å². The fraction of sp³-hybridized carbons (Fsp3) is 0.304. The number of anilines is 2. The van der Waals surface area contributed by atoms with Crippen molar-refractivity contribution in [3.8, 4) is 11.3 Å². The number of hydrogen-bond donors (Lipinski definition) is 5. The van der Waals surface area contributed by atoms with E-state index in [-0.39, 0.29) is 16.6 Å². The number of carbonyl (C=O) groups is 1. The third kappa shape index (κ3) is 4.24. The molecule has 8 nitrogen and oxygen atoms in total. The van der Waals surface area contributed by atoms with E-state index >= 15 is 0 Å². The Kier molecular flexibility index (Phi) is 6.25. The molecule has 0 aliphatic carbocycles. The van der Waals surface area contributed by atoms with Crippen LogP contribution in [-0.2, 0) is 11.3 Å². The van der Waals surface area contributed by atoms with E-state index in [2.05, 4.69) is 26.9 Å². The largest absolute Gasteiger partial charge is 0.368 e. The van der Waals surface area contributed by atoms with Crippen molar-refractivity contribution in [2.45, 2.75) is 18.9 Å². The van der Waals surface area contributed by atoms with Crippen LogP contribution in [0.15, 0.2) is 42.2 Å². The number of halogens is 1. The molecule has 2 aromatic rings. The molecule has 2 aliphatic rings. The van der Waals surface area contributed by atoms with Gasteiger partial charge < -0.3 is 20.9 Å². The molecule has 32 heavy (non-hydrogen) atoms. The zero-order valence-electron chi connectivity index (χ0n) is 18.1. The van der Waals surface area contributed by atoms with E-state index in [9.17, 15) is 4.79 Å². The molecule has 1 aromatic carbocycles. The van der Waals surface area contributed by atoms with Crippen molar-refractivity contribution in [3.05, 3.63) is 53.4 Å². The first-order chi connectivity index (χ1) is 15.4. The molecule has 1 unspecified atom stereocenters. The van der Waals surface area contributed by atoms with Crippen LogP contribution in [0.4, 0.5) is 11.4 Å². The average Bonchev–Trinajstić information content (AvgIpc) is 3.32. The summed E-state index contributed by atoms with van der Waals surface area (Å²) in [5, 5.41) is 24.5. The Labute approximate surface area is 192 Å². The monoisotopic (exact) mass is 451 g/mol. The zero-order chi connectivity index (χ0) is 22.8. The molecule has 0 spiro atoms. The van der Waals surface area contributed by atoms with Gasteiger partial charge in [0, 0.05) is 45.0 Å². The van der Waals surface area contributed by atoms with Gasteiger partial charge in [0.25, 0.3) is 5.91 Å². The van der Waals surface area contributed by atoms with E-state index in [4.69, 9.17) is 27.4 Å². The summed E-state index contributed by atoms with van der Waals surface area (Å²) in [4.78, 5) is 19.0. The summed E-state index contributed by atoms with van der Waals surface area (Å²) in [6.07, 6.45) is 4.37. The van der Waals surface area contributed by atoms with E-state index in [0.717, 1.165) is 36.5 Å². The van der Waals surface area contributed by atoms with E-state index in [1.807, 2.05) is 31.4 Å². The van der Waals surface area contributed by atoms with Crippen molar-refractivity contribution in [3.63, 3.8) is 0 Å². The minimum absolute atomic E-state index is 0.147. The first-order valence-electron chi connectivity index (χ1n) is 10.5. The van der Waals surface area contributed by atoms with Crippen LogP contribution >= 0.6 is 11.6 Å². The Morgan fingerprint density at radius 3 is 2.88 bits per heavy atom. The summed E-state index contributed by atoms with van der Waals surface area (Å²) >= 11 is 5.75. The van der Waals surface area contributed by atoms with Gasteiger partial charge in [-0.1, -0.05) is 23.7 Å². The summed E-state index contributed by atoms with van der Waals surface area (Å²) in [5.41, 5.74) is 5.83. The van der Waals surface area contributed by atoms with E-state index in [0.29, 0.717) is 18.2 Å². The second-order valence-corrected chi connectivity index (χ2v) is 8.42. The van der Waals surface area contributed by atoms with Gasteiger partial charge in [-0.05, 0) is 42.1 Å². The number of para-hydroxylation sites is 1. The number of hydrogen-bond acceptors (Lipinski definition) is 7. The highest BCUT2D eigenvalue weighted by molar-refractivity contribution is 6.68. The van der Waals surface area contributed by atoms with Gasteiger partial charge in [-0.15, -0.1) is 0 Å². The molecular weight excluding hydrogens is 426 g/mol. The third-order valence-corrected chi connectivity index (χ3v) is 5.97. The molecule has 1 saturated heterocycles. The second-order valence-electron chi connectivity index (χ2n) is 8.01. The molecule has 1 atom stereocenters. The van der Waals surface area contributed by atoms with Crippen LogP contribution in [-0.4, -0.2) is 49.0 Å². The maximum Gasteiger partial charge on any atom is 0.271 e. The lowest BCUT2D eigenvalue weighted by Crippen LogP contribution is -2.31. The molecule has 5 N–H and O–H groups in total. The number of nitrogens with one attached hydrogen (secondary N) is 5. The maximum atomic E-state index is 12.0. The predicted molar refractivity (Wildman–Crippen MR) is 129 cm³/mol. The van der Waals surface area contributed by atoms with Crippen LogP contribution in [0.3, 0.4) is 0 Å². The van der Waals surface area contributed by atoms with Gasteiger partial charge in [0.1, 0.15) is 10.9 Å². The van der Waals surface area contributed by atoms with Crippen molar-refractivity contribution < 1.29 is 4.79 Å². The summed E-state index contributed by atoms with van der Waals surface area (Å²) in [5.74, 6) is -0.0671. The average molecular weight is 452 g/mol. The number of fused-ring (bicyclic) bond motifs is 3. The van der Waals surface area contributed by atoms with Crippen LogP contribution in [0.25, 0.3) is 11.3 Å². The Morgan fingerprint density at radius 1 is 1.38 bits per heavy atom. The number of pyridine rings is 1. The highest BCUT2D eigenvalue weighted by atomic mass is 35.5. The smallest absolute Gasteiger partial charge is 0.271 e. The Hall–Kier alpha value is -3.23. The highest BCUT2D eigenvalue weighted by Gasteiger charge is 2.26. The minimum atomic E-state index is -0.569. The predicted octanol–water partition coefficient (Wildman–Crippen LogP) is 3.05. The van der Waals surface area contributed by atoms with Gasteiger partial charge in [0.05, 0.1) is 22.8 Å². The molecule has 4 rings (SSSR count). The third-order valence-electron chi connectivity index (χ3n) is 5.86. The SMILES string of the molecule is CNC(=O)C(=N)/C(=C\C(=N)Cl)Nc1cccc2c1N(C)Cc1cc(C3CCNC3)cnc1-2. The molecule has 2 aliphatic heterocycles. The van der Waals surface area contributed by atoms with E-state index in [1.54, 1.807) is 0 Å². The Bertz CT molecular complexity index is 1120. The highest BCUT2D eigenvalue weighted by Crippen LogP contribution is 2.43. The maximum absolute atomic E-state index is 12.0. The van der Waals surface area contributed by atoms with Crippen LogP contribution in [0, 0.1) is 10.8 Å². The first-order valence-corrected chi connectivity index (χ1v) is 10.8. The van der Waals surface area contributed by atoms with Crippen LogP contribution in [0.5, 0.6) is 0 Å². The second kappa shape index (κ2) is 9.10. The van der Waals surface area contributed by atoms with Crippen molar-refractivity contribution in [1.82, 2.24) is 15.6 Å². The van der Waals surface area contributed by atoms with Gasteiger partial charge >= 0.3 is 0 Å². The van der Waals surface area contributed by atoms with Crippen LogP contribution in [0.2, 0.25) is 0 Å². The number of carbonyl (C=O) groups excluding carboxylic acids is 1. The lowest BCUT2D eigenvalue weighted by atomic mass is 9.93. The number of aromatic nitrogens is 1. The normalized spacial score (nSPS) is 17.4. The molecular formula is C23H26ClN7O. The van der Waals surface area contributed by atoms with Gasteiger partial charge in [-0.2, -0.15) is 0 Å². The Balaban J connectivity index is 1.73. The molecule has 0 bridgehead atoms. The van der Waals surface area contributed by atoms with Gasteiger partial charge in [-0.25, -0.2) is 0 Å². The standard InChI is InChI=1S/C23H26ClN7O/c1-27-23(32)20(26)18(9-19(24)25)30-17-5-3-4-16-21-15(12-31(2)22(16)17)8-14(11-29-21)13-6-7-28-10-13/h3-5,8-9,11,13,25-26,28,30H,6-7,10,12H2,1-2H3,(H,27,32)/b18-9+,25-19?,26-20?. The topological polar surface area (TPSA) is 117 Å². The Morgan fingerprint density at radius 2 is 2.19 bits per heavy atom. The number of benzene rings is 1. The fourth-order valence-electron chi connectivity index (χ4n) is 4.33. The minimum Gasteiger partial charge on any atom is -0.368 e. The quantitative estimate of drug-likeness (QED) is 0.433. The first kappa shape index (κ1) is 22.0. The van der Waals surface area contributed by atoms with E-state index in [1.165, 1.54) is 24.3 Å². The molecule has 166 valence electrons. The van der Waals surface area contributed by atoms with Gasteiger partial charge in [0.15, 0.2) is 0 Å². The van der Waals surface area contributed by atoms with Crippen molar-refractivity contribution in [2.24, 2.45) is 0 Å². The molecule has 9 heteroatoms. The molecule has 1 amide bonds. The van der Waals surface area contributed by atoms with Gasteiger partial charge in [0.2, 0.25) is 0 Å². The molecule has 0 radical (unpaired) electrons. The molecule has 1 aromatic heterocycles. The number of amides is 1. The summed E-state index contributed by atoms with van der Waals surface area (Å²) in [6.45, 7) is 2.72. The summed E-state index contributed by atoms with van der Waals surface area (Å²) < 4.78 is 0. The van der Waals surface area contributed by atoms with Crippen LogP contribution < -0.4 is 20.9 Å². The fourth-order valence-corrected chi connectivity index (χ4v) is 4.43. The molecule has 0 saturated carbocycles. The lowest BCUT2D eigenvalue weighted by molar-refractivity contribution is -0.114. The molecule has 1 fully saturated rings. The number of rotatable bonds is 6. The molecule has 3 heterocycles.